The Kier molecular flexibility index (Phi) is 3.93. The highest BCUT2D eigenvalue weighted by Gasteiger charge is 2.28. The van der Waals surface area contributed by atoms with Gasteiger partial charge in [0.05, 0.1) is 12.8 Å². The lowest BCUT2D eigenvalue weighted by molar-refractivity contribution is 0.0589. The second-order valence-corrected chi connectivity index (χ2v) is 5.56. The molecule has 0 atom stereocenters. The van der Waals surface area contributed by atoms with Gasteiger partial charge in [-0.2, -0.15) is 5.10 Å². The highest BCUT2D eigenvalue weighted by atomic mass is 35.7. The van der Waals surface area contributed by atoms with E-state index < -0.39 is 15.0 Å². The van der Waals surface area contributed by atoms with Crippen molar-refractivity contribution >= 4 is 25.7 Å². The fourth-order valence-corrected chi connectivity index (χ4v) is 2.59. The van der Waals surface area contributed by atoms with Gasteiger partial charge in [-0.15, -0.1) is 0 Å². The Morgan fingerprint density at radius 3 is 2.62 bits per heavy atom. The third-order valence-corrected chi connectivity index (χ3v) is 3.30. The van der Waals surface area contributed by atoms with Crippen LogP contribution in [0.1, 0.15) is 29.5 Å². The number of rotatable bonds is 4. The highest BCUT2D eigenvalue weighted by Crippen LogP contribution is 2.23. The van der Waals surface area contributed by atoms with E-state index >= 15 is 0 Å². The zero-order valence-electron chi connectivity index (χ0n) is 8.78. The van der Waals surface area contributed by atoms with E-state index in [9.17, 15) is 13.2 Å². The number of methoxy groups -OCH3 is 1. The van der Waals surface area contributed by atoms with Gasteiger partial charge in [0.15, 0.2) is 5.69 Å². The molecule has 90 valence electrons. The Hall–Kier alpha value is -1.08. The highest BCUT2D eigenvalue weighted by molar-refractivity contribution is 8.13. The van der Waals surface area contributed by atoms with Crippen molar-refractivity contribution in [3.8, 4) is 0 Å². The SMILES string of the molecule is CCCc1[nH]nc(C(=O)OC)c1S(=O)(=O)Cl. The molecule has 0 saturated heterocycles. The second kappa shape index (κ2) is 4.84. The van der Waals surface area contributed by atoms with Gasteiger partial charge < -0.3 is 4.74 Å². The Bertz CT molecular complexity index is 494. The van der Waals surface area contributed by atoms with E-state index in [1.165, 1.54) is 0 Å². The molecule has 8 heteroatoms. The van der Waals surface area contributed by atoms with E-state index in [0.29, 0.717) is 18.5 Å². The number of ether oxygens (including phenoxy) is 1. The third-order valence-electron chi connectivity index (χ3n) is 1.91. The number of hydrogen-bond acceptors (Lipinski definition) is 5. The first-order valence-corrected chi connectivity index (χ1v) is 6.83. The van der Waals surface area contributed by atoms with Crippen molar-refractivity contribution in [3.63, 3.8) is 0 Å². The van der Waals surface area contributed by atoms with Crippen molar-refractivity contribution in [2.75, 3.05) is 7.11 Å². The van der Waals surface area contributed by atoms with Crippen LogP contribution < -0.4 is 0 Å². The van der Waals surface area contributed by atoms with E-state index in [1.807, 2.05) is 6.92 Å². The standard InChI is InChI=1S/C8H11ClN2O4S/c1-3-4-5-7(16(9,13)14)6(11-10-5)8(12)15-2/h3-4H2,1-2H3,(H,10,11). The van der Waals surface area contributed by atoms with Crippen LogP contribution in [0.5, 0.6) is 0 Å². The van der Waals surface area contributed by atoms with Crippen molar-refractivity contribution in [1.82, 2.24) is 10.2 Å². The molecule has 1 heterocycles. The molecule has 6 nitrogen and oxygen atoms in total. The van der Waals surface area contributed by atoms with Gasteiger partial charge in [0.1, 0.15) is 4.90 Å². The van der Waals surface area contributed by atoms with Crippen LogP contribution in [-0.2, 0) is 20.2 Å². The number of aromatic amines is 1. The van der Waals surface area contributed by atoms with Gasteiger partial charge in [0.2, 0.25) is 0 Å². The van der Waals surface area contributed by atoms with Crippen molar-refractivity contribution in [2.45, 2.75) is 24.7 Å². The predicted octanol–water partition coefficient (Wildman–Crippen LogP) is 1.08. The molecular formula is C8H11ClN2O4S. The average molecular weight is 267 g/mol. The molecule has 1 N–H and O–H groups in total. The summed E-state index contributed by atoms with van der Waals surface area (Å²) in [6.45, 7) is 1.86. The molecular weight excluding hydrogens is 256 g/mol. The predicted molar refractivity (Wildman–Crippen MR) is 57.0 cm³/mol. The van der Waals surface area contributed by atoms with Gasteiger partial charge >= 0.3 is 5.97 Å². The number of aromatic nitrogens is 2. The summed E-state index contributed by atoms with van der Waals surface area (Å²) in [5, 5.41) is 6.09. The number of halogens is 1. The minimum absolute atomic E-state index is 0.289. The van der Waals surface area contributed by atoms with E-state index in [2.05, 4.69) is 14.9 Å². The van der Waals surface area contributed by atoms with Crippen LogP contribution in [0.4, 0.5) is 0 Å². The Balaban J connectivity index is 3.37. The molecule has 0 radical (unpaired) electrons. The summed E-state index contributed by atoms with van der Waals surface area (Å²) in [5.74, 6) is -0.835. The number of H-pyrrole nitrogens is 1. The Morgan fingerprint density at radius 2 is 2.19 bits per heavy atom. The number of hydrogen-bond donors (Lipinski definition) is 1. The minimum Gasteiger partial charge on any atom is -0.464 e. The summed E-state index contributed by atoms with van der Waals surface area (Å²) in [7, 11) is 2.37. The van der Waals surface area contributed by atoms with Crippen molar-refractivity contribution in [1.29, 1.82) is 0 Å². The zero-order chi connectivity index (χ0) is 12.3. The lowest BCUT2D eigenvalue weighted by Gasteiger charge is -1.99. The average Bonchev–Trinajstić information content (AvgIpc) is 2.60. The number of carbonyl (C=O) groups excluding carboxylic acids is 1. The maximum absolute atomic E-state index is 11.3. The Labute approximate surface area is 97.4 Å². The number of aryl methyl sites for hydroxylation is 1. The lowest BCUT2D eigenvalue weighted by atomic mass is 10.2. The summed E-state index contributed by atoms with van der Waals surface area (Å²) >= 11 is 0. The van der Waals surface area contributed by atoms with E-state index in [0.717, 1.165) is 7.11 Å². The first-order valence-electron chi connectivity index (χ1n) is 4.52. The van der Waals surface area contributed by atoms with Gasteiger partial charge in [-0.05, 0) is 6.42 Å². The van der Waals surface area contributed by atoms with Crippen LogP contribution in [0.25, 0.3) is 0 Å². The topological polar surface area (TPSA) is 89.1 Å². The maximum Gasteiger partial charge on any atom is 0.359 e. The molecule has 0 amide bonds. The number of esters is 1. The Morgan fingerprint density at radius 1 is 1.56 bits per heavy atom. The first kappa shape index (κ1) is 13.0. The molecule has 0 spiro atoms. The summed E-state index contributed by atoms with van der Waals surface area (Å²) in [6, 6.07) is 0. The number of nitrogens with zero attached hydrogens (tertiary/aromatic N) is 1. The monoisotopic (exact) mass is 266 g/mol. The summed E-state index contributed by atoms with van der Waals surface area (Å²) < 4.78 is 27.1. The molecule has 0 unspecified atom stereocenters. The summed E-state index contributed by atoms with van der Waals surface area (Å²) in [6.07, 6.45) is 1.13. The molecule has 0 aliphatic rings. The molecule has 0 aromatic carbocycles. The zero-order valence-corrected chi connectivity index (χ0v) is 10.4. The first-order chi connectivity index (χ1) is 7.41. The van der Waals surface area contributed by atoms with Gasteiger partial charge in [0.25, 0.3) is 9.05 Å². The lowest BCUT2D eigenvalue weighted by Crippen LogP contribution is -2.07. The van der Waals surface area contributed by atoms with Crippen LogP contribution in [0, 0.1) is 0 Å². The molecule has 0 bridgehead atoms. The molecule has 1 aromatic heterocycles. The third kappa shape index (κ3) is 2.53. The van der Waals surface area contributed by atoms with Crippen LogP contribution in [0.2, 0.25) is 0 Å². The second-order valence-electron chi connectivity index (χ2n) is 3.06. The normalized spacial score (nSPS) is 11.4. The van der Waals surface area contributed by atoms with Crippen molar-refractivity contribution < 1.29 is 17.9 Å². The van der Waals surface area contributed by atoms with Crippen molar-refractivity contribution in [2.24, 2.45) is 0 Å². The molecule has 1 aromatic rings. The van der Waals surface area contributed by atoms with Gasteiger partial charge in [-0.3, -0.25) is 5.10 Å². The summed E-state index contributed by atoms with van der Waals surface area (Å²) in [5.41, 5.74) is 0.0128. The minimum atomic E-state index is -4.02. The quantitative estimate of drug-likeness (QED) is 0.651. The van der Waals surface area contributed by atoms with Gasteiger partial charge in [-0.1, -0.05) is 13.3 Å². The molecule has 1 rings (SSSR count). The van der Waals surface area contributed by atoms with E-state index in [-0.39, 0.29) is 10.6 Å². The van der Waals surface area contributed by atoms with Crippen LogP contribution in [-0.4, -0.2) is 31.7 Å². The van der Waals surface area contributed by atoms with Crippen LogP contribution >= 0.6 is 10.7 Å². The summed E-state index contributed by atoms with van der Waals surface area (Å²) in [4.78, 5) is 11.0. The van der Waals surface area contributed by atoms with Crippen molar-refractivity contribution in [3.05, 3.63) is 11.4 Å². The van der Waals surface area contributed by atoms with E-state index in [1.54, 1.807) is 0 Å². The molecule has 0 fully saturated rings. The maximum atomic E-state index is 11.3. The van der Waals surface area contributed by atoms with Gasteiger partial charge in [-0.25, -0.2) is 13.2 Å². The largest absolute Gasteiger partial charge is 0.464 e. The molecule has 16 heavy (non-hydrogen) atoms. The molecule has 0 aliphatic carbocycles. The van der Waals surface area contributed by atoms with Crippen LogP contribution in [0.3, 0.4) is 0 Å². The van der Waals surface area contributed by atoms with Crippen LogP contribution in [0.15, 0.2) is 4.90 Å². The number of nitrogens with one attached hydrogen (secondary N) is 1. The van der Waals surface area contributed by atoms with E-state index in [4.69, 9.17) is 10.7 Å². The molecule has 0 aliphatic heterocycles. The fourth-order valence-electron chi connectivity index (χ4n) is 1.28. The fraction of sp³-hybridized carbons (Fsp3) is 0.500. The smallest absolute Gasteiger partial charge is 0.359 e. The van der Waals surface area contributed by atoms with Gasteiger partial charge in [0, 0.05) is 10.7 Å². The molecule has 0 saturated carbocycles. The number of carbonyl (C=O) groups is 1.